The Morgan fingerprint density at radius 1 is 1.77 bits per heavy atom. The summed E-state index contributed by atoms with van der Waals surface area (Å²) in [6.45, 7) is -0.612. The fourth-order valence-electron chi connectivity index (χ4n) is 0.779. The number of hydrogen-bond acceptors (Lipinski definition) is 3. The number of rotatable bonds is 3. The summed E-state index contributed by atoms with van der Waals surface area (Å²) in [4.78, 5) is 15.6. The number of halogens is 2. The van der Waals surface area contributed by atoms with Gasteiger partial charge >= 0.3 is 0 Å². The number of nitrogens with one attached hydrogen (secondary N) is 1. The van der Waals surface area contributed by atoms with Gasteiger partial charge in [-0.25, -0.2) is 13.8 Å². The van der Waals surface area contributed by atoms with Crippen molar-refractivity contribution < 1.29 is 13.6 Å². The van der Waals surface area contributed by atoms with Crippen molar-refractivity contribution in [2.45, 2.75) is 6.43 Å². The molecule has 1 aromatic rings. The van der Waals surface area contributed by atoms with Gasteiger partial charge in [-0.15, -0.1) is 0 Å². The summed E-state index contributed by atoms with van der Waals surface area (Å²) in [5, 5.41) is 5.73. The molecule has 0 aliphatic carbocycles. The molecule has 7 heteroatoms. The van der Waals surface area contributed by atoms with E-state index in [1.54, 1.807) is 0 Å². The predicted molar refractivity (Wildman–Crippen MR) is 39.3 cm³/mol. The molecule has 0 aliphatic heterocycles. The Bertz CT molecular complexity index is 274. The lowest BCUT2D eigenvalue weighted by molar-refractivity contribution is 0.0610. The van der Waals surface area contributed by atoms with Crippen molar-refractivity contribution in [1.29, 1.82) is 0 Å². The van der Waals surface area contributed by atoms with Gasteiger partial charge in [0.2, 0.25) is 5.82 Å². The Morgan fingerprint density at radius 3 is 2.92 bits per heavy atom. The number of H-pyrrole nitrogens is 1. The maximum Gasteiger partial charge on any atom is 0.291 e. The van der Waals surface area contributed by atoms with Crippen LogP contribution in [0.5, 0.6) is 0 Å². The van der Waals surface area contributed by atoms with Crippen LogP contribution in [0.2, 0.25) is 0 Å². The Labute approximate surface area is 72.8 Å². The second-order valence-corrected chi connectivity index (χ2v) is 2.41. The largest absolute Gasteiger partial charge is 0.333 e. The van der Waals surface area contributed by atoms with E-state index in [9.17, 15) is 13.6 Å². The highest BCUT2D eigenvalue weighted by molar-refractivity contribution is 5.90. The fraction of sp³-hybridized carbons (Fsp3) is 0.500. The van der Waals surface area contributed by atoms with Crippen LogP contribution in [0.25, 0.3) is 0 Å². The van der Waals surface area contributed by atoms with E-state index >= 15 is 0 Å². The fourth-order valence-corrected chi connectivity index (χ4v) is 0.779. The minimum atomic E-state index is -2.54. The first-order valence-electron chi connectivity index (χ1n) is 3.50. The molecule has 0 aliphatic rings. The van der Waals surface area contributed by atoms with Crippen molar-refractivity contribution >= 4 is 5.91 Å². The molecule has 0 unspecified atom stereocenters. The predicted octanol–water partition coefficient (Wildman–Crippen LogP) is 0.142. The quantitative estimate of drug-likeness (QED) is 0.737. The van der Waals surface area contributed by atoms with E-state index in [1.165, 1.54) is 7.05 Å². The highest BCUT2D eigenvalue weighted by Gasteiger charge is 2.17. The molecule has 1 aromatic heterocycles. The first-order chi connectivity index (χ1) is 6.11. The van der Waals surface area contributed by atoms with Crippen LogP contribution in [0.3, 0.4) is 0 Å². The summed E-state index contributed by atoms with van der Waals surface area (Å²) >= 11 is 0. The van der Waals surface area contributed by atoms with Gasteiger partial charge in [0, 0.05) is 7.05 Å². The number of aromatic nitrogens is 3. The van der Waals surface area contributed by atoms with Crippen molar-refractivity contribution in [3.8, 4) is 0 Å². The van der Waals surface area contributed by atoms with Crippen LogP contribution in [0.1, 0.15) is 10.6 Å². The zero-order valence-corrected chi connectivity index (χ0v) is 6.87. The summed E-state index contributed by atoms with van der Waals surface area (Å²) in [5.41, 5.74) is 0. The van der Waals surface area contributed by atoms with Gasteiger partial charge in [0.1, 0.15) is 6.33 Å². The van der Waals surface area contributed by atoms with Gasteiger partial charge in [-0.1, -0.05) is 0 Å². The lowest BCUT2D eigenvalue weighted by atomic mass is 10.5. The topological polar surface area (TPSA) is 61.9 Å². The van der Waals surface area contributed by atoms with E-state index in [2.05, 4.69) is 15.2 Å². The van der Waals surface area contributed by atoms with Crippen LogP contribution in [0.4, 0.5) is 8.78 Å². The van der Waals surface area contributed by atoms with Gasteiger partial charge in [0.25, 0.3) is 12.3 Å². The Balaban J connectivity index is 2.58. The monoisotopic (exact) mass is 190 g/mol. The summed E-state index contributed by atoms with van der Waals surface area (Å²) < 4.78 is 23.7. The van der Waals surface area contributed by atoms with Crippen LogP contribution in [0, 0.1) is 0 Å². The SMILES string of the molecule is CN(CC(F)F)C(=O)c1ncn[nH]1. The molecule has 1 amide bonds. The normalized spacial score (nSPS) is 10.5. The molecule has 0 spiro atoms. The van der Waals surface area contributed by atoms with Crippen LogP contribution < -0.4 is 0 Å². The summed E-state index contributed by atoms with van der Waals surface area (Å²) in [6.07, 6.45) is -1.40. The first kappa shape index (κ1) is 9.56. The average Bonchev–Trinajstić information content (AvgIpc) is 2.53. The van der Waals surface area contributed by atoms with Crippen molar-refractivity contribution in [3.63, 3.8) is 0 Å². The molecule has 0 radical (unpaired) electrons. The van der Waals surface area contributed by atoms with Crippen molar-refractivity contribution in [2.75, 3.05) is 13.6 Å². The number of aromatic amines is 1. The summed E-state index contributed by atoms with van der Waals surface area (Å²) in [7, 11) is 1.27. The number of alkyl halides is 2. The smallest absolute Gasteiger partial charge is 0.291 e. The average molecular weight is 190 g/mol. The number of hydrogen-bond donors (Lipinski definition) is 1. The molecule has 1 N–H and O–H groups in total. The number of carbonyl (C=O) groups is 1. The lowest BCUT2D eigenvalue weighted by Gasteiger charge is -2.13. The molecule has 0 aromatic carbocycles. The van der Waals surface area contributed by atoms with Crippen LogP contribution in [-0.4, -0.2) is 46.0 Å². The summed E-state index contributed by atoms with van der Waals surface area (Å²) in [6, 6.07) is 0. The Hall–Kier alpha value is -1.53. The van der Waals surface area contributed by atoms with E-state index in [0.717, 1.165) is 11.2 Å². The molecule has 1 heterocycles. The molecule has 72 valence electrons. The molecule has 0 atom stereocenters. The van der Waals surface area contributed by atoms with Crippen molar-refractivity contribution in [3.05, 3.63) is 12.2 Å². The summed E-state index contributed by atoms with van der Waals surface area (Å²) in [5.74, 6) is -0.638. The van der Waals surface area contributed by atoms with Gasteiger partial charge in [-0.3, -0.25) is 9.89 Å². The first-order valence-corrected chi connectivity index (χ1v) is 3.50. The molecular formula is C6H8F2N4O. The van der Waals surface area contributed by atoms with E-state index in [1.807, 2.05) is 0 Å². The Kier molecular flexibility index (Phi) is 2.88. The van der Waals surface area contributed by atoms with Crippen molar-refractivity contribution in [2.24, 2.45) is 0 Å². The maximum absolute atomic E-state index is 11.8. The van der Waals surface area contributed by atoms with Gasteiger partial charge < -0.3 is 4.90 Å². The maximum atomic E-state index is 11.8. The highest BCUT2D eigenvalue weighted by atomic mass is 19.3. The van der Waals surface area contributed by atoms with Gasteiger partial charge in [0.05, 0.1) is 6.54 Å². The van der Waals surface area contributed by atoms with Crippen LogP contribution in [0.15, 0.2) is 6.33 Å². The van der Waals surface area contributed by atoms with E-state index < -0.39 is 18.9 Å². The Morgan fingerprint density at radius 2 is 2.46 bits per heavy atom. The molecule has 0 bridgehead atoms. The third-order valence-electron chi connectivity index (χ3n) is 1.38. The zero-order valence-electron chi connectivity index (χ0n) is 6.87. The van der Waals surface area contributed by atoms with Gasteiger partial charge in [-0.2, -0.15) is 5.10 Å². The van der Waals surface area contributed by atoms with E-state index in [4.69, 9.17) is 0 Å². The standard InChI is InChI=1S/C6H8F2N4O/c1-12(2-4(7)8)6(13)5-9-3-10-11-5/h3-4H,2H2,1H3,(H,9,10,11). The number of carbonyl (C=O) groups excluding carboxylic acids is 1. The molecule has 0 fully saturated rings. The molecule has 0 saturated heterocycles. The molecule has 1 rings (SSSR count). The number of nitrogens with zero attached hydrogens (tertiary/aromatic N) is 3. The molecular weight excluding hydrogens is 182 g/mol. The van der Waals surface area contributed by atoms with Crippen molar-refractivity contribution in [1.82, 2.24) is 20.1 Å². The van der Waals surface area contributed by atoms with Crippen LogP contribution >= 0.6 is 0 Å². The highest BCUT2D eigenvalue weighted by Crippen LogP contribution is 1.99. The second kappa shape index (κ2) is 3.92. The zero-order chi connectivity index (χ0) is 9.84. The molecule has 0 saturated carbocycles. The second-order valence-electron chi connectivity index (χ2n) is 2.41. The number of amides is 1. The van der Waals surface area contributed by atoms with Crippen LogP contribution in [-0.2, 0) is 0 Å². The minimum absolute atomic E-state index is 0.0387. The van der Waals surface area contributed by atoms with Gasteiger partial charge in [0.15, 0.2) is 0 Å². The molecule has 5 nitrogen and oxygen atoms in total. The third-order valence-corrected chi connectivity index (χ3v) is 1.38. The molecule has 13 heavy (non-hydrogen) atoms. The third kappa shape index (κ3) is 2.46. The van der Waals surface area contributed by atoms with E-state index in [0.29, 0.717) is 0 Å². The minimum Gasteiger partial charge on any atom is -0.333 e. The van der Waals surface area contributed by atoms with Gasteiger partial charge in [-0.05, 0) is 0 Å². The van der Waals surface area contributed by atoms with E-state index in [-0.39, 0.29) is 5.82 Å². The lowest BCUT2D eigenvalue weighted by Crippen LogP contribution is -2.32.